The fourth-order valence-corrected chi connectivity index (χ4v) is 3.05. The summed E-state index contributed by atoms with van der Waals surface area (Å²) in [4.78, 5) is 12.5. The van der Waals surface area contributed by atoms with Crippen LogP contribution < -0.4 is 4.74 Å². The number of Topliss-reactive ketones (excluding diaryl/α,β-unsaturated/α-hetero) is 1. The van der Waals surface area contributed by atoms with Crippen LogP contribution in [0.25, 0.3) is 11.5 Å². The highest BCUT2D eigenvalue weighted by atomic mass is 32.2. The first kappa shape index (κ1) is 18.1. The Morgan fingerprint density at radius 2 is 1.85 bits per heavy atom. The molecule has 0 bridgehead atoms. The van der Waals surface area contributed by atoms with Crippen LogP contribution >= 0.6 is 11.8 Å². The first-order valence-corrected chi connectivity index (χ1v) is 8.98. The van der Waals surface area contributed by atoms with Gasteiger partial charge in [0.25, 0.3) is 5.22 Å². The van der Waals surface area contributed by atoms with E-state index < -0.39 is 5.25 Å². The Kier molecular flexibility index (Phi) is 5.68. The molecule has 0 saturated carbocycles. The van der Waals surface area contributed by atoms with Crippen LogP contribution in [0.1, 0.15) is 24.2 Å². The molecule has 2 aromatic carbocycles. The number of ketones is 1. The van der Waals surface area contributed by atoms with Crippen molar-refractivity contribution < 1.29 is 18.3 Å². The number of nitrogens with zero attached hydrogens (tertiary/aromatic N) is 2. The molecule has 0 aliphatic heterocycles. The van der Waals surface area contributed by atoms with Crippen molar-refractivity contribution in [3.8, 4) is 17.2 Å². The van der Waals surface area contributed by atoms with Crippen LogP contribution in [0.3, 0.4) is 0 Å². The van der Waals surface area contributed by atoms with Gasteiger partial charge < -0.3 is 9.15 Å². The molecule has 0 fully saturated rings. The predicted octanol–water partition coefficient (Wildman–Crippen LogP) is 4.64. The summed E-state index contributed by atoms with van der Waals surface area (Å²) in [5.41, 5.74) is 1.21. The zero-order valence-electron chi connectivity index (χ0n) is 14.3. The zero-order valence-corrected chi connectivity index (χ0v) is 15.1. The third-order valence-corrected chi connectivity index (χ3v) is 4.53. The largest absolute Gasteiger partial charge is 0.494 e. The molecule has 3 rings (SSSR count). The Labute approximate surface area is 154 Å². The van der Waals surface area contributed by atoms with E-state index in [1.807, 2.05) is 6.92 Å². The molecule has 0 spiro atoms. The topological polar surface area (TPSA) is 65.2 Å². The maximum Gasteiger partial charge on any atom is 0.277 e. The highest BCUT2D eigenvalue weighted by Crippen LogP contribution is 2.28. The lowest BCUT2D eigenvalue weighted by molar-refractivity contribution is 0.0993. The minimum atomic E-state index is -0.394. The minimum absolute atomic E-state index is 0.0421. The van der Waals surface area contributed by atoms with Crippen molar-refractivity contribution in [2.24, 2.45) is 0 Å². The molecule has 1 aromatic heterocycles. The number of carbonyl (C=O) groups excluding carboxylic acids is 1. The van der Waals surface area contributed by atoms with Crippen molar-refractivity contribution >= 4 is 17.5 Å². The predicted molar refractivity (Wildman–Crippen MR) is 97.0 cm³/mol. The Balaban J connectivity index is 1.66. The summed E-state index contributed by atoms with van der Waals surface area (Å²) < 4.78 is 23.9. The molecule has 26 heavy (non-hydrogen) atoms. The summed E-state index contributed by atoms with van der Waals surface area (Å²) in [5.74, 6) is 0.635. The lowest BCUT2D eigenvalue weighted by Crippen LogP contribution is -2.13. The lowest BCUT2D eigenvalue weighted by atomic mass is 10.1. The van der Waals surface area contributed by atoms with Gasteiger partial charge in [-0.25, -0.2) is 4.39 Å². The number of aromatic nitrogens is 2. The fraction of sp³-hybridized carbons (Fsp3) is 0.211. The fourth-order valence-electron chi connectivity index (χ4n) is 2.29. The van der Waals surface area contributed by atoms with Gasteiger partial charge in [0.05, 0.1) is 11.9 Å². The monoisotopic (exact) mass is 372 g/mol. The molecule has 0 aliphatic carbocycles. The van der Waals surface area contributed by atoms with Gasteiger partial charge in [-0.1, -0.05) is 11.8 Å². The quantitative estimate of drug-likeness (QED) is 0.445. The van der Waals surface area contributed by atoms with Crippen molar-refractivity contribution in [2.45, 2.75) is 24.3 Å². The summed E-state index contributed by atoms with van der Waals surface area (Å²) >= 11 is 1.18. The molecule has 0 N–H and O–H groups in total. The lowest BCUT2D eigenvalue weighted by Gasteiger charge is -2.08. The molecule has 1 atom stereocenters. The van der Waals surface area contributed by atoms with E-state index in [1.165, 1.54) is 23.9 Å². The van der Waals surface area contributed by atoms with Gasteiger partial charge in [-0.15, -0.1) is 10.2 Å². The first-order chi connectivity index (χ1) is 12.6. The van der Waals surface area contributed by atoms with Gasteiger partial charge in [-0.2, -0.15) is 0 Å². The number of carbonyl (C=O) groups is 1. The zero-order chi connectivity index (χ0) is 18.5. The van der Waals surface area contributed by atoms with E-state index in [-0.39, 0.29) is 22.7 Å². The Morgan fingerprint density at radius 3 is 2.50 bits per heavy atom. The van der Waals surface area contributed by atoms with Gasteiger partial charge in [-0.3, -0.25) is 4.79 Å². The summed E-state index contributed by atoms with van der Waals surface area (Å²) in [6.45, 7) is 4.26. The molecule has 3 aromatic rings. The van der Waals surface area contributed by atoms with Crippen LogP contribution in [0.5, 0.6) is 5.75 Å². The van der Waals surface area contributed by atoms with Crippen molar-refractivity contribution in [3.63, 3.8) is 0 Å². The standard InChI is InChI=1S/C19H17FN2O3S/c1-3-24-16-10-6-13(7-11-16)17(23)12(2)26-19-22-21-18(25-19)14-4-8-15(20)9-5-14/h4-12H,3H2,1-2H3/t12-/m0/s1. The SMILES string of the molecule is CCOc1ccc(C(=O)[C@H](C)Sc2nnc(-c3ccc(F)cc3)o2)cc1. The smallest absolute Gasteiger partial charge is 0.277 e. The number of ether oxygens (including phenoxy) is 1. The second kappa shape index (κ2) is 8.14. The Morgan fingerprint density at radius 1 is 1.15 bits per heavy atom. The van der Waals surface area contributed by atoms with Crippen molar-refractivity contribution in [3.05, 3.63) is 59.9 Å². The number of hydrogen-bond donors (Lipinski definition) is 0. The maximum absolute atomic E-state index is 13.0. The normalized spacial score (nSPS) is 12.0. The summed E-state index contributed by atoms with van der Waals surface area (Å²) in [6.07, 6.45) is 0. The number of benzene rings is 2. The number of rotatable bonds is 7. The minimum Gasteiger partial charge on any atom is -0.494 e. The van der Waals surface area contributed by atoms with Crippen LogP contribution in [-0.4, -0.2) is 27.8 Å². The van der Waals surface area contributed by atoms with Gasteiger partial charge in [0.1, 0.15) is 11.6 Å². The van der Waals surface area contributed by atoms with Crippen molar-refractivity contribution in [2.75, 3.05) is 6.61 Å². The van der Waals surface area contributed by atoms with Gasteiger partial charge in [0, 0.05) is 11.1 Å². The highest BCUT2D eigenvalue weighted by Gasteiger charge is 2.20. The molecule has 0 amide bonds. The number of hydrogen-bond acceptors (Lipinski definition) is 6. The van der Waals surface area contributed by atoms with E-state index in [0.29, 0.717) is 17.7 Å². The van der Waals surface area contributed by atoms with E-state index >= 15 is 0 Å². The second-order valence-corrected chi connectivity index (χ2v) is 6.75. The third-order valence-electron chi connectivity index (χ3n) is 3.59. The van der Waals surface area contributed by atoms with Crippen molar-refractivity contribution in [1.29, 1.82) is 0 Å². The van der Waals surface area contributed by atoms with E-state index in [9.17, 15) is 9.18 Å². The first-order valence-electron chi connectivity index (χ1n) is 8.10. The molecule has 7 heteroatoms. The van der Waals surface area contributed by atoms with Gasteiger partial charge >= 0.3 is 0 Å². The average molecular weight is 372 g/mol. The molecule has 5 nitrogen and oxygen atoms in total. The van der Waals surface area contributed by atoms with Gasteiger partial charge in [-0.05, 0) is 62.4 Å². The third kappa shape index (κ3) is 4.29. The summed E-state index contributed by atoms with van der Waals surface area (Å²) in [7, 11) is 0. The van der Waals surface area contributed by atoms with E-state index in [2.05, 4.69) is 10.2 Å². The van der Waals surface area contributed by atoms with Crippen LogP contribution in [0.4, 0.5) is 4.39 Å². The Hall–Kier alpha value is -2.67. The van der Waals surface area contributed by atoms with Gasteiger partial charge in [0.15, 0.2) is 5.78 Å². The molecule has 0 radical (unpaired) electrons. The van der Waals surface area contributed by atoms with E-state index in [4.69, 9.17) is 9.15 Å². The Bertz CT molecular complexity index is 879. The molecule has 0 saturated heterocycles. The van der Waals surface area contributed by atoms with Crippen LogP contribution in [0, 0.1) is 5.82 Å². The number of thioether (sulfide) groups is 1. The molecular weight excluding hydrogens is 355 g/mol. The van der Waals surface area contributed by atoms with E-state index in [1.54, 1.807) is 43.3 Å². The van der Waals surface area contributed by atoms with Gasteiger partial charge in [0.2, 0.25) is 5.89 Å². The van der Waals surface area contributed by atoms with Crippen LogP contribution in [-0.2, 0) is 0 Å². The number of halogens is 1. The second-order valence-electron chi connectivity index (χ2n) is 5.46. The maximum atomic E-state index is 13.0. The summed E-state index contributed by atoms with van der Waals surface area (Å²) in [5, 5.41) is 7.79. The summed E-state index contributed by atoms with van der Waals surface area (Å²) in [6, 6.07) is 12.8. The highest BCUT2D eigenvalue weighted by molar-refractivity contribution is 8.00. The molecule has 0 aliphatic rings. The molecule has 1 heterocycles. The molecule has 0 unspecified atom stereocenters. The van der Waals surface area contributed by atoms with Crippen LogP contribution in [0.15, 0.2) is 58.2 Å². The average Bonchev–Trinajstić information content (AvgIpc) is 3.11. The van der Waals surface area contributed by atoms with E-state index in [0.717, 1.165) is 5.75 Å². The molecule has 134 valence electrons. The van der Waals surface area contributed by atoms with Crippen molar-refractivity contribution in [1.82, 2.24) is 10.2 Å². The molecular formula is C19H17FN2O3S. The van der Waals surface area contributed by atoms with Crippen LogP contribution in [0.2, 0.25) is 0 Å².